The van der Waals surface area contributed by atoms with E-state index in [-0.39, 0.29) is 0 Å². The van der Waals surface area contributed by atoms with Crippen molar-refractivity contribution in [3.05, 3.63) is 114 Å². The molecule has 0 unspecified atom stereocenters. The zero-order valence-corrected chi connectivity index (χ0v) is 22.0. The molecule has 0 saturated carbocycles. The molecule has 3 aromatic heterocycles. The maximum absolute atomic E-state index is 6.33. The molecule has 0 aliphatic heterocycles. The van der Waals surface area contributed by atoms with E-state index in [1.54, 1.807) is 0 Å². The number of nitrogens with zero attached hydrogens (tertiary/aromatic N) is 3. The second-order valence-corrected chi connectivity index (χ2v) is 10.3. The molecule has 0 saturated heterocycles. The lowest BCUT2D eigenvalue weighted by Gasteiger charge is -2.08. The van der Waals surface area contributed by atoms with Gasteiger partial charge in [-0.3, -0.25) is 0 Å². The Morgan fingerprint density at radius 1 is 0.462 bits per heavy atom. The van der Waals surface area contributed by atoms with Crippen LogP contribution in [0.1, 0.15) is 0 Å². The summed E-state index contributed by atoms with van der Waals surface area (Å²) < 4.78 is 13.7. The first-order valence-electron chi connectivity index (χ1n) is 12.6. The van der Waals surface area contributed by atoms with Crippen molar-refractivity contribution in [2.75, 3.05) is 0 Å². The van der Waals surface area contributed by atoms with Crippen LogP contribution in [0.3, 0.4) is 0 Å². The Morgan fingerprint density at radius 2 is 1.08 bits per heavy atom. The summed E-state index contributed by atoms with van der Waals surface area (Å²) in [7, 11) is 0. The van der Waals surface area contributed by atoms with Crippen molar-refractivity contribution in [3.8, 4) is 34.2 Å². The number of halogens is 1. The molecule has 8 aromatic rings. The van der Waals surface area contributed by atoms with E-state index in [0.717, 1.165) is 65.0 Å². The molecule has 6 heteroatoms. The molecule has 0 radical (unpaired) electrons. The SMILES string of the molecule is Brc1ccc2oc3c(ccc4oc5cc(-c6nc(-c7ccccc7)nc(-c7ccccc7)n6)ccc5c43)c2c1. The van der Waals surface area contributed by atoms with Gasteiger partial charge in [0.2, 0.25) is 0 Å². The lowest BCUT2D eigenvalue weighted by molar-refractivity contribution is 0.663. The fourth-order valence-corrected chi connectivity index (χ4v) is 5.50. The van der Waals surface area contributed by atoms with Gasteiger partial charge in [-0.15, -0.1) is 0 Å². The standard InChI is InChI=1S/C33H18BrN3O2/c34-22-12-15-26-25(18-22)23-14-16-27-29(30(23)39-26)24-13-11-21(17-28(24)38-27)33-36-31(19-7-3-1-4-8-19)35-32(37-33)20-9-5-2-6-10-20/h1-18H. The van der Waals surface area contributed by atoms with Crippen molar-refractivity contribution in [1.82, 2.24) is 15.0 Å². The molecule has 0 aliphatic carbocycles. The zero-order chi connectivity index (χ0) is 25.9. The molecule has 0 atom stereocenters. The number of benzene rings is 5. The van der Waals surface area contributed by atoms with Crippen LogP contribution < -0.4 is 0 Å². The van der Waals surface area contributed by atoms with Crippen LogP contribution in [-0.4, -0.2) is 15.0 Å². The average Bonchev–Trinajstić information content (AvgIpc) is 3.55. The molecule has 0 N–H and O–H groups in total. The second-order valence-electron chi connectivity index (χ2n) is 9.41. The van der Waals surface area contributed by atoms with E-state index in [1.807, 2.05) is 91.0 Å². The van der Waals surface area contributed by atoms with Gasteiger partial charge in [0.25, 0.3) is 0 Å². The molecule has 184 valence electrons. The molecule has 3 heterocycles. The largest absolute Gasteiger partial charge is 0.456 e. The Bertz CT molecular complexity index is 2130. The van der Waals surface area contributed by atoms with Crippen LogP contribution in [0.4, 0.5) is 0 Å². The summed E-state index contributed by atoms with van der Waals surface area (Å²) in [5.74, 6) is 1.84. The van der Waals surface area contributed by atoms with Gasteiger partial charge in [-0.2, -0.15) is 0 Å². The smallest absolute Gasteiger partial charge is 0.164 e. The maximum atomic E-state index is 6.33. The lowest BCUT2D eigenvalue weighted by Crippen LogP contribution is -2.00. The van der Waals surface area contributed by atoms with E-state index in [4.69, 9.17) is 23.8 Å². The van der Waals surface area contributed by atoms with Crippen LogP contribution in [0.15, 0.2) is 123 Å². The first kappa shape index (κ1) is 22.2. The van der Waals surface area contributed by atoms with Crippen molar-refractivity contribution < 1.29 is 8.83 Å². The van der Waals surface area contributed by atoms with Crippen molar-refractivity contribution in [3.63, 3.8) is 0 Å². The Labute approximate surface area is 230 Å². The van der Waals surface area contributed by atoms with Crippen molar-refractivity contribution in [1.29, 1.82) is 0 Å². The lowest BCUT2D eigenvalue weighted by atomic mass is 10.1. The maximum Gasteiger partial charge on any atom is 0.164 e. The third kappa shape index (κ3) is 3.64. The normalized spacial score (nSPS) is 11.7. The Morgan fingerprint density at radius 3 is 1.77 bits per heavy atom. The van der Waals surface area contributed by atoms with Crippen molar-refractivity contribution >= 4 is 59.8 Å². The zero-order valence-electron chi connectivity index (χ0n) is 20.4. The van der Waals surface area contributed by atoms with E-state index < -0.39 is 0 Å². The molecule has 0 bridgehead atoms. The quantitative estimate of drug-likeness (QED) is 0.212. The minimum absolute atomic E-state index is 0.587. The Kier molecular flexibility index (Phi) is 4.90. The molecule has 8 rings (SSSR count). The number of hydrogen-bond donors (Lipinski definition) is 0. The highest BCUT2D eigenvalue weighted by atomic mass is 79.9. The molecular formula is C33H18BrN3O2. The minimum Gasteiger partial charge on any atom is -0.456 e. The molecule has 0 amide bonds. The summed E-state index contributed by atoms with van der Waals surface area (Å²) in [4.78, 5) is 14.5. The summed E-state index contributed by atoms with van der Waals surface area (Å²) in [5.41, 5.74) is 5.91. The summed E-state index contributed by atoms with van der Waals surface area (Å²) in [6, 6.07) is 36.2. The van der Waals surface area contributed by atoms with Crippen LogP contribution in [0.25, 0.3) is 78.0 Å². The van der Waals surface area contributed by atoms with Gasteiger partial charge in [-0.25, -0.2) is 15.0 Å². The van der Waals surface area contributed by atoms with Gasteiger partial charge in [-0.1, -0.05) is 82.7 Å². The summed E-state index contributed by atoms with van der Waals surface area (Å²) in [6.45, 7) is 0. The molecule has 0 spiro atoms. The predicted molar refractivity (Wildman–Crippen MR) is 158 cm³/mol. The molecule has 0 aliphatic rings. The van der Waals surface area contributed by atoms with Crippen molar-refractivity contribution in [2.45, 2.75) is 0 Å². The first-order chi connectivity index (χ1) is 19.2. The van der Waals surface area contributed by atoms with E-state index >= 15 is 0 Å². The molecule has 5 aromatic carbocycles. The average molecular weight is 568 g/mol. The predicted octanol–water partition coefficient (Wildman–Crippen LogP) is 9.43. The van der Waals surface area contributed by atoms with Crippen LogP contribution >= 0.6 is 15.9 Å². The number of furan rings is 2. The fraction of sp³-hybridized carbons (Fsp3) is 0. The van der Waals surface area contributed by atoms with Gasteiger partial charge in [0, 0.05) is 37.3 Å². The van der Waals surface area contributed by atoms with E-state index in [0.29, 0.717) is 17.5 Å². The van der Waals surface area contributed by atoms with Crippen LogP contribution in [0.5, 0.6) is 0 Å². The number of fused-ring (bicyclic) bond motifs is 7. The highest BCUT2D eigenvalue weighted by Crippen LogP contribution is 2.40. The Balaban J connectivity index is 1.33. The summed E-state index contributed by atoms with van der Waals surface area (Å²) in [5, 5.41) is 4.08. The number of rotatable bonds is 3. The highest BCUT2D eigenvalue weighted by Gasteiger charge is 2.18. The molecule has 39 heavy (non-hydrogen) atoms. The van der Waals surface area contributed by atoms with Gasteiger partial charge >= 0.3 is 0 Å². The van der Waals surface area contributed by atoms with Gasteiger partial charge < -0.3 is 8.83 Å². The van der Waals surface area contributed by atoms with Crippen LogP contribution in [0.2, 0.25) is 0 Å². The molecular weight excluding hydrogens is 550 g/mol. The van der Waals surface area contributed by atoms with Gasteiger partial charge in [0.1, 0.15) is 22.3 Å². The number of aromatic nitrogens is 3. The van der Waals surface area contributed by atoms with Crippen LogP contribution in [-0.2, 0) is 0 Å². The third-order valence-electron chi connectivity index (χ3n) is 6.99. The van der Waals surface area contributed by atoms with E-state index in [9.17, 15) is 0 Å². The monoisotopic (exact) mass is 567 g/mol. The van der Waals surface area contributed by atoms with Crippen LogP contribution in [0, 0.1) is 0 Å². The topological polar surface area (TPSA) is 65.0 Å². The van der Waals surface area contributed by atoms with E-state index in [1.165, 1.54) is 0 Å². The van der Waals surface area contributed by atoms with Gasteiger partial charge in [-0.05, 0) is 42.5 Å². The second kappa shape index (κ2) is 8.61. The van der Waals surface area contributed by atoms with Gasteiger partial charge in [0.15, 0.2) is 17.5 Å². The van der Waals surface area contributed by atoms with Gasteiger partial charge in [0.05, 0.1) is 5.39 Å². The third-order valence-corrected chi connectivity index (χ3v) is 7.48. The van der Waals surface area contributed by atoms with E-state index in [2.05, 4.69) is 34.1 Å². The molecule has 0 fully saturated rings. The summed E-state index contributed by atoms with van der Waals surface area (Å²) >= 11 is 3.58. The Hall–Kier alpha value is -4.81. The number of hydrogen-bond acceptors (Lipinski definition) is 5. The summed E-state index contributed by atoms with van der Waals surface area (Å²) in [6.07, 6.45) is 0. The highest BCUT2D eigenvalue weighted by molar-refractivity contribution is 9.10. The molecule has 5 nitrogen and oxygen atoms in total. The fourth-order valence-electron chi connectivity index (χ4n) is 5.14. The minimum atomic E-state index is 0.587. The first-order valence-corrected chi connectivity index (χ1v) is 13.3. The van der Waals surface area contributed by atoms with Crippen molar-refractivity contribution in [2.24, 2.45) is 0 Å².